The summed E-state index contributed by atoms with van der Waals surface area (Å²) in [5.41, 5.74) is 2.22. The number of cyclic esters (lactones) is 1. The number of carbonyl (C=O) groups is 4. The van der Waals surface area contributed by atoms with Crippen LogP contribution in [0.2, 0.25) is 0 Å². The van der Waals surface area contributed by atoms with E-state index in [0.29, 0.717) is 28.0 Å². The minimum absolute atomic E-state index is 0.0287. The van der Waals surface area contributed by atoms with Crippen molar-refractivity contribution in [2.75, 3.05) is 30.0 Å². The van der Waals surface area contributed by atoms with Crippen LogP contribution in [0.4, 0.5) is 15.6 Å². The highest BCUT2D eigenvalue weighted by Crippen LogP contribution is 2.66. The summed E-state index contributed by atoms with van der Waals surface area (Å²) in [4.78, 5) is 71.0. The van der Waals surface area contributed by atoms with Gasteiger partial charge in [-0.1, -0.05) is 138 Å². The number of para-hydroxylation sites is 1. The summed E-state index contributed by atoms with van der Waals surface area (Å²) in [6.45, 7) is 1.34. The molecule has 0 saturated carbocycles. The second kappa shape index (κ2) is 19.1. The lowest BCUT2D eigenvalue weighted by Gasteiger charge is -2.46. The summed E-state index contributed by atoms with van der Waals surface area (Å²) < 4.78 is 13.4. The van der Waals surface area contributed by atoms with Crippen molar-refractivity contribution in [2.24, 2.45) is 5.92 Å². The van der Waals surface area contributed by atoms with Crippen LogP contribution in [0.25, 0.3) is 10.2 Å². The van der Waals surface area contributed by atoms with Gasteiger partial charge >= 0.3 is 12.0 Å². The first-order valence-corrected chi connectivity index (χ1v) is 23.6. The van der Waals surface area contributed by atoms with E-state index in [2.05, 4.69) is 22.5 Å². The van der Waals surface area contributed by atoms with Crippen LogP contribution in [0.5, 0.6) is 5.75 Å². The number of anilines is 2. The number of carbonyl (C=O) groups excluding carboxylic acids is 4. The summed E-state index contributed by atoms with van der Waals surface area (Å²) in [5, 5.41) is 25.9. The first kappa shape index (κ1) is 45.1. The molecule has 10 rings (SSSR count). The number of hydrogen-bond donors (Lipinski definition) is 4. The van der Waals surface area contributed by atoms with Crippen molar-refractivity contribution in [3.63, 3.8) is 0 Å². The molecule has 3 aliphatic heterocycles. The lowest BCUT2D eigenvalue weighted by atomic mass is 9.65. The fourth-order valence-corrected chi connectivity index (χ4v) is 11.2. The van der Waals surface area contributed by atoms with Gasteiger partial charge in [0, 0.05) is 12.0 Å². The van der Waals surface area contributed by atoms with Crippen molar-refractivity contribution >= 4 is 56.2 Å². The summed E-state index contributed by atoms with van der Waals surface area (Å²) in [6.07, 6.45) is -0.764. The molecule has 346 valence electrons. The number of aromatic nitrogens is 1. The molecular weight excluding hydrogens is 891 g/mol. The number of morpholine rings is 1. The number of hydrogen-bond acceptors (Lipinski definition) is 11. The molecule has 2 saturated heterocycles. The Morgan fingerprint density at radius 1 is 0.812 bits per heavy atom. The monoisotopic (exact) mass is 937 g/mol. The van der Waals surface area contributed by atoms with Crippen molar-refractivity contribution in [3.05, 3.63) is 191 Å². The Labute approximate surface area is 402 Å². The first-order valence-electron chi connectivity index (χ1n) is 22.7. The summed E-state index contributed by atoms with van der Waals surface area (Å²) in [5.74, 6) is 2.69. The topological polar surface area (TPSA) is 171 Å². The number of aliphatic hydroxyl groups excluding tert-OH is 2. The lowest BCUT2D eigenvalue weighted by Crippen LogP contribution is -2.55. The number of fused-ring (bicyclic) bond motifs is 4. The SMILES string of the molecule is C[C@@H](NC(=O)N1C(=O)[C@@]2(c3cc(C#CCCO)ccc31)[C@H](C(=O)Nc1nc3ccccc3s1)[C@H]1C(=O)O[C@H](c3ccccc3)[C@H](c3ccccc3)N1[C@@H]2c1cccc(OCCO)c1)c1ccccc1. The van der Waals surface area contributed by atoms with Gasteiger partial charge in [-0.3, -0.25) is 19.3 Å². The highest BCUT2D eigenvalue weighted by Gasteiger charge is 2.75. The third-order valence-corrected chi connectivity index (χ3v) is 14.1. The van der Waals surface area contributed by atoms with Gasteiger partial charge in [0.15, 0.2) is 5.13 Å². The average molecular weight is 938 g/mol. The molecule has 0 bridgehead atoms. The van der Waals surface area contributed by atoms with Crippen LogP contribution in [0.15, 0.2) is 158 Å². The number of rotatable bonds is 11. The van der Waals surface area contributed by atoms with E-state index in [1.807, 2.05) is 133 Å². The van der Waals surface area contributed by atoms with Crippen molar-refractivity contribution < 1.29 is 38.9 Å². The first-order chi connectivity index (χ1) is 33.7. The van der Waals surface area contributed by atoms with E-state index in [9.17, 15) is 10.2 Å². The molecule has 4 N–H and O–H groups in total. The van der Waals surface area contributed by atoms with Gasteiger partial charge in [-0.2, -0.15) is 0 Å². The highest BCUT2D eigenvalue weighted by molar-refractivity contribution is 7.22. The summed E-state index contributed by atoms with van der Waals surface area (Å²) in [6, 6.07) is 43.0. The van der Waals surface area contributed by atoms with Crippen LogP contribution in [0, 0.1) is 17.8 Å². The van der Waals surface area contributed by atoms with Crippen molar-refractivity contribution in [3.8, 4) is 17.6 Å². The van der Waals surface area contributed by atoms with Gasteiger partial charge in [-0.15, -0.1) is 0 Å². The fraction of sp³-hybridized carbons (Fsp3) is 0.218. The molecule has 0 radical (unpaired) electrons. The molecular formula is C55H47N5O8S. The van der Waals surface area contributed by atoms with Crippen LogP contribution in [-0.4, -0.2) is 69.8 Å². The molecule has 4 amide bonds. The molecule has 7 aromatic rings. The zero-order valence-electron chi connectivity index (χ0n) is 37.4. The molecule has 69 heavy (non-hydrogen) atoms. The number of nitrogens with one attached hydrogen (secondary N) is 2. The number of thiazole rings is 1. The maximum Gasteiger partial charge on any atom is 0.329 e. The number of imide groups is 1. The predicted molar refractivity (Wildman–Crippen MR) is 261 cm³/mol. The maximum absolute atomic E-state index is 16.7. The normalized spacial score (nSPS) is 22.0. The number of ether oxygens (including phenoxy) is 2. The number of esters is 1. The van der Waals surface area contributed by atoms with E-state index in [4.69, 9.17) is 14.5 Å². The quantitative estimate of drug-likeness (QED) is 0.0733. The standard InChI is InChI=1S/C55H47N5O8S/c1-34(36-17-5-2-6-18-36)56-54(66)59-43-28-27-35(16-13-14-29-61)32-41(43)55(52(59)65)45(50(63)58-53-57-42-25-11-12-26-44(42)69-53)47-51(64)68-48(38-21-9-4-10-22-38)46(37-19-7-3-8-20-37)60(47)49(55)39-23-15-24-40(33-39)67-31-30-62/h2-12,15,17-28,32-34,45-49,61-62H,14,29-31H2,1H3,(H,56,66)(H,57,58,63)/t34-,45+,46+,47+,48-,49-,55+/m1/s1. The Hall–Kier alpha value is -7.67. The largest absolute Gasteiger partial charge is 0.491 e. The maximum atomic E-state index is 16.7. The Morgan fingerprint density at radius 2 is 1.51 bits per heavy atom. The van der Waals surface area contributed by atoms with Crippen molar-refractivity contribution in [1.82, 2.24) is 15.2 Å². The Bertz CT molecular complexity index is 3090. The van der Waals surface area contributed by atoms with Crippen LogP contribution in [0.3, 0.4) is 0 Å². The van der Waals surface area contributed by atoms with Crippen LogP contribution in [-0.2, 0) is 24.5 Å². The molecule has 3 aliphatic rings. The number of nitrogens with zero attached hydrogens (tertiary/aromatic N) is 3. The van der Waals surface area contributed by atoms with E-state index in [-0.39, 0.29) is 42.6 Å². The van der Waals surface area contributed by atoms with Gasteiger partial charge in [-0.25, -0.2) is 14.7 Å². The molecule has 1 spiro atoms. The Balaban J connectivity index is 1.27. The molecule has 6 aromatic carbocycles. The third-order valence-electron chi connectivity index (χ3n) is 13.1. The Morgan fingerprint density at radius 3 is 2.23 bits per heavy atom. The lowest BCUT2D eigenvalue weighted by molar-refractivity contribution is -0.177. The number of aliphatic hydroxyl groups is 2. The van der Waals surface area contributed by atoms with Gasteiger partial charge in [0.2, 0.25) is 11.8 Å². The van der Waals surface area contributed by atoms with Gasteiger partial charge in [0.25, 0.3) is 0 Å². The van der Waals surface area contributed by atoms with E-state index in [0.717, 1.165) is 20.7 Å². The minimum atomic E-state index is -2.07. The van der Waals surface area contributed by atoms with Gasteiger partial charge < -0.3 is 30.3 Å². The summed E-state index contributed by atoms with van der Waals surface area (Å²) >= 11 is 1.25. The third kappa shape index (κ3) is 8.09. The van der Waals surface area contributed by atoms with Gasteiger partial charge in [0.05, 0.1) is 53.2 Å². The predicted octanol–water partition coefficient (Wildman–Crippen LogP) is 8.18. The van der Waals surface area contributed by atoms with Crippen LogP contribution in [0.1, 0.15) is 71.0 Å². The molecule has 13 nitrogen and oxygen atoms in total. The smallest absolute Gasteiger partial charge is 0.329 e. The van der Waals surface area contributed by atoms with E-state index < -0.39 is 65.4 Å². The van der Waals surface area contributed by atoms with Crippen molar-refractivity contribution in [1.29, 1.82) is 0 Å². The highest BCUT2D eigenvalue weighted by atomic mass is 32.1. The molecule has 2 fully saturated rings. The number of amides is 4. The second-order valence-electron chi connectivity index (χ2n) is 17.1. The second-order valence-corrected chi connectivity index (χ2v) is 18.1. The zero-order chi connectivity index (χ0) is 47.6. The molecule has 7 atom stereocenters. The number of benzene rings is 6. The summed E-state index contributed by atoms with van der Waals surface area (Å²) in [7, 11) is 0. The molecule has 4 heterocycles. The zero-order valence-corrected chi connectivity index (χ0v) is 38.2. The number of urea groups is 1. The van der Waals surface area contributed by atoms with E-state index >= 15 is 19.2 Å². The molecule has 1 aromatic heterocycles. The molecule has 0 unspecified atom stereocenters. The van der Waals surface area contributed by atoms with Gasteiger partial charge in [0.1, 0.15) is 29.9 Å². The minimum Gasteiger partial charge on any atom is -0.491 e. The van der Waals surface area contributed by atoms with Crippen LogP contribution >= 0.6 is 11.3 Å². The average Bonchev–Trinajstić information content (AvgIpc) is 4.02. The molecule has 14 heteroatoms. The van der Waals surface area contributed by atoms with Crippen molar-refractivity contribution in [2.45, 2.75) is 49.0 Å². The van der Waals surface area contributed by atoms with Crippen LogP contribution < -0.4 is 20.3 Å². The van der Waals surface area contributed by atoms with Gasteiger partial charge in [-0.05, 0) is 77.2 Å². The Kier molecular flexibility index (Phi) is 12.5. The van der Waals surface area contributed by atoms with E-state index in [1.54, 1.807) is 36.4 Å². The van der Waals surface area contributed by atoms with E-state index in [1.165, 1.54) is 11.3 Å². The fourth-order valence-electron chi connectivity index (χ4n) is 10.3. The molecule has 0 aliphatic carbocycles.